The van der Waals surface area contributed by atoms with Gasteiger partial charge in [-0.3, -0.25) is 9.69 Å². The molecule has 0 aromatic heterocycles. The van der Waals surface area contributed by atoms with Crippen LogP contribution in [0, 0.1) is 5.41 Å². The number of benzene rings is 2. The highest BCUT2D eigenvalue weighted by Crippen LogP contribution is 2.34. The van der Waals surface area contributed by atoms with Crippen LogP contribution >= 0.6 is 11.6 Å². The third-order valence-electron chi connectivity index (χ3n) is 6.27. The number of rotatable bonds is 8. The molecule has 2 aliphatic rings. The summed E-state index contributed by atoms with van der Waals surface area (Å²) in [5.41, 5.74) is 1.94. The molecule has 0 unspecified atom stereocenters. The van der Waals surface area contributed by atoms with Crippen LogP contribution in [0.5, 0.6) is 17.2 Å². The monoisotopic (exact) mass is 525 g/mol. The van der Waals surface area contributed by atoms with Crippen molar-refractivity contribution < 1.29 is 37.3 Å². The average Bonchev–Trinajstić information content (AvgIpc) is 2.81. The molecule has 2 aromatic carbocycles. The van der Waals surface area contributed by atoms with E-state index in [1.54, 1.807) is 19.1 Å². The Kier molecular flexibility index (Phi) is 7.70. The maximum atomic E-state index is 12.3. The minimum absolute atomic E-state index is 0.0420. The van der Waals surface area contributed by atoms with Crippen molar-refractivity contribution in [2.24, 2.45) is 5.41 Å². The largest absolute Gasteiger partial charge is 0.489 e. The highest BCUT2D eigenvalue weighted by molar-refractivity contribution is 6.32. The maximum absolute atomic E-state index is 12.3. The Hall–Kier alpha value is -2.91. The number of likely N-dealkylation sites (tertiary alicyclic amines) is 1. The molecule has 1 N–H and O–H groups in total. The first-order chi connectivity index (χ1) is 17.0. The van der Waals surface area contributed by atoms with Gasteiger partial charge in [0, 0.05) is 24.7 Å². The van der Waals surface area contributed by atoms with Crippen molar-refractivity contribution in [3.05, 3.63) is 58.1 Å². The molecular formula is C26H27ClF3NO5. The van der Waals surface area contributed by atoms with Crippen molar-refractivity contribution in [3.63, 3.8) is 0 Å². The van der Waals surface area contributed by atoms with Crippen molar-refractivity contribution >= 4 is 23.6 Å². The summed E-state index contributed by atoms with van der Waals surface area (Å²) >= 11 is 6.04. The van der Waals surface area contributed by atoms with Crippen molar-refractivity contribution in [1.29, 1.82) is 0 Å². The lowest BCUT2D eigenvalue weighted by Crippen LogP contribution is -2.46. The first-order valence-electron chi connectivity index (χ1n) is 11.5. The fourth-order valence-electron chi connectivity index (χ4n) is 4.39. The molecule has 194 valence electrons. The van der Waals surface area contributed by atoms with Gasteiger partial charge in [0.25, 0.3) is 0 Å². The van der Waals surface area contributed by atoms with E-state index in [0.29, 0.717) is 43.2 Å². The number of piperidine rings is 1. The zero-order valence-corrected chi connectivity index (χ0v) is 20.5. The highest BCUT2D eigenvalue weighted by Gasteiger charge is 2.38. The zero-order chi connectivity index (χ0) is 25.9. The Balaban J connectivity index is 1.34. The Morgan fingerprint density at radius 3 is 2.75 bits per heavy atom. The quantitative estimate of drug-likeness (QED) is 0.468. The molecule has 2 aliphatic heterocycles. The number of hydrogen-bond acceptors (Lipinski definition) is 5. The van der Waals surface area contributed by atoms with Gasteiger partial charge in [0.05, 0.1) is 10.4 Å². The Morgan fingerprint density at radius 2 is 2.03 bits per heavy atom. The van der Waals surface area contributed by atoms with Gasteiger partial charge in [0.1, 0.15) is 30.5 Å². The lowest BCUT2D eigenvalue weighted by atomic mass is 9.82. The lowest BCUT2D eigenvalue weighted by molar-refractivity contribution is -0.153. The van der Waals surface area contributed by atoms with Crippen LogP contribution in [0.3, 0.4) is 0 Å². The van der Waals surface area contributed by atoms with Crippen molar-refractivity contribution in [1.82, 2.24) is 4.90 Å². The van der Waals surface area contributed by atoms with Gasteiger partial charge in [-0.1, -0.05) is 17.7 Å². The number of carbonyl (C=O) groups is 1. The van der Waals surface area contributed by atoms with Crippen LogP contribution < -0.4 is 14.2 Å². The summed E-state index contributed by atoms with van der Waals surface area (Å²) in [6, 6.07) is 9.98. The minimum atomic E-state index is -4.44. The van der Waals surface area contributed by atoms with E-state index in [4.69, 9.17) is 25.8 Å². The summed E-state index contributed by atoms with van der Waals surface area (Å²) in [7, 11) is 0. The summed E-state index contributed by atoms with van der Waals surface area (Å²) in [5.74, 6) is 0.457. The highest BCUT2D eigenvalue weighted by atomic mass is 35.5. The standard InChI is InChI=1S/C26H27ClF3NO5/c1-25(24(32)33)7-2-8-31(15-25)12-18-9-19-4-5-20(11-23(19)35-14-18)34-13-17-3-6-22(21(27)10-17)36-16-26(28,29)30/h3-6,9-11H,2,7-8,12-16H2,1H3,(H,32,33)/t25-/m1/s1. The Labute approximate surface area is 212 Å². The van der Waals surface area contributed by atoms with Crippen LogP contribution in [0.2, 0.25) is 5.02 Å². The molecule has 1 saturated heterocycles. The normalized spacial score (nSPS) is 20.2. The number of halogens is 4. The van der Waals surface area contributed by atoms with Gasteiger partial charge in [-0.15, -0.1) is 0 Å². The zero-order valence-electron chi connectivity index (χ0n) is 19.7. The van der Waals surface area contributed by atoms with E-state index >= 15 is 0 Å². The van der Waals surface area contributed by atoms with Crippen molar-refractivity contribution in [3.8, 4) is 17.2 Å². The van der Waals surface area contributed by atoms with Gasteiger partial charge in [0.2, 0.25) is 0 Å². The number of alkyl halides is 3. The van der Waals surface area contributed by atoms with Crippen LogP contribution in [0.1, 0.15) is 30.9 Å². The number of aliphatic carboxylic acids is 1. The molecule has 0 bridgehead atoms. The second-order valence-electron chi connectivity index (χ2n) is 9.43. The first-order valence-corrected chi connectivity index (χ1v) is 11.9. The van der Waals surface area contributed by atoms with E-state index in [1.807, 2.05) is 12.1 Å². The summed E-state index contributed by atoms with van der Waals surface area (Å²) < 4.78 is 53.5. The molecule has 0 aliphatic carbocycles. The second-order valence-corrected chi connectivity index (χ2v) is 9.84. The molecule has 10 heteroatoms. The molecule has 0 spiro atoms. The van der Waals surface area contributed by atoms with Crippen molar-refractivity contribution in [2.45, 2.75) is 32.5 Å². The van der Waals surface area contributed by atoms with Gasteiger partial charge >= 0.3 is 12.1 Å². The molecule has 4 rings (SSSR count). The molecule has 6 nitrogen and oxygen atoms in total. The second kappa shape index (κ2) is 10.6. The molecule has 1 atom stereocenters. The van der Waals surface area contributed by atoms with Crippen LogP contribution in [-0.2, 0) is 11.4 Å². The predicted molar refractivity (Wildman–Crippen MR) is 129 cm³/mol. The summed E-state index contributed by atoms with van der Waals surface area (Å²) in [6.45, 7) is 2.99. The van der Waals surface area contributed by atoms with Crippen LogP contribution in [-0.4, -0.2) is 55.0 Å². The predicted octanol–water partition coefficient (Wildman–Crippen LogP) is 5.82. The minimum Gasteiger partial charge on any atom is -0.489 e. The molecule has 1 fully saturated rings. The van der Waals surface area contributed by atoms with Crippen LogP contribution in [0.15, 0.2) is 42.0 Å². The molecule has 36 heavy (non-hydrogen) atoms. The van der Waals surface area contributed by atoms with Gasteiger partial charge in [-0.25, -0.2) is 0 Å². The van der Waals surface area contributed by atoms with E-state index in [-0.39, 0.29) is 17.4 Å². The fraction of sp³-hybridized carbons (Fsp3) is 0.423. The summed E-state index contributed by atoms with van der Waals surface area (Å²) in [4.78, 5) is 13.8. The van der Waals surface area contributed by atoms with Gasteiger partial charge in [0.15, 0.2) is 6.61 Å². The van der Waals surface area contributed by atoms with E-state index in [1.165, 1.54) is 12.1 Å². The molecule has 0 saturated carbocycles. The fourth-order valence-corrected chi connectivity index (χ4v) is 4.65. The number of carboxylic acids is 1. The van der Waals surface area contributed by atoms with E-state index in [9.17, 15) is 23.1 Å². The molecule has 0 radical (unpaired) electrons. The van der Waals surface area contributed by atoms with E-state index in [2.05, 4.69) is 11.0 Å². The van der Waals surface area contributed by atoms with Crippen LogP contribution in [0.4, 0.5) is 13.2 Å². The SMILES string of the molecule is C[C@@]1(C(=O)O)CCCN(CC2=Cc3ccc(OCc4ccc(OCC(F)(F)F)c(Cl)c4)cc3OC2)C1. The maximum Gasteiger partial charge on any atom is 0.422 e. The smallest absolute Gasteiger partial charge is 0.422 e. The van der Waals surface area contributed by atoms with E-state index in [0.717, 1.165) is 24.1 Å². The summed E-state index contributed by atoms with van der Waals surface area (Å²) in [6.07, 6.45) is -0.843. The van der Waals surface area contributed by atoms with Crippen molar-refractivity contribution in [2.75, 3.05) is 32.8 Å². The van der Waals surface area contributed by atoms with Gasteiger partial charge < -0.3 is 19.3 Å². The van der Waals surface area contributed by atoms with Crippen LogP contribution in [0.25, 0.3) is 6.08 Å². The lowest BCUT2D eigenvalue weighted by Gasteiger charge is -2.38. The third-order valence-corrected chi connectivity index (χ3v) is 6.56. The average molecular weight is 526 g/mol. The Bertz CT molecular complexity index is 1150. The molecule has 2 aromatic rings. The number of nitrogens with zero attached hydrogens (tertiary/aromatic N) is 1. The third kappa shape index (κ3) is 6.64. The number of carboxylic acid groups (broad SMARTS) is 1. The van der Waals surface area contributed by atoms with Gasteiger partial charge in [-0.05, 0) is 67.8 Å². The van der Waals surface area contributed by atoms with Gasteiger partial charge in [-0.2, -0.15) is 13.2 Å². The molecular weight excluding hydrogens is 499 g/mol. The first kappa shape index (κ1) is 26.2. The van der Waals surface area contributed by atoms with E-state index < -0.39 is 24.2 Å². The number of hydrogen-bond donors (Lipinski definition) is 1. The molecule has 2 heterocycles. The molecule has 0 amide bonds. The topological polar surface area (TPSA) is 68.2 Å². The summed E-state index contributed by atoms with van der Waals surface area (Å²) in [5, 5.41) is 9.61. The number of fused-ring (bicyclic) bond motifs is 1. The Morgan fingerprint density at radius 1 is 1.22 bits per heavy atom. The number of ether oxygens (including phenoxy) is 3.